The number of carbonyl (C=O) groups is 1. The van der Waals surface area contributed by atoms with Crippen LogP contribution in [-0.4, -0.2) is 26.3 Å². The molecule has 0 N–H and O–H groups in total. The molecule has 0 saturated carbocycles. The van der Waals surface area contributed by atoms with E-state index < -0.39 is 3.79 Å². The van der Waals surface area contributed by atoms with Gasteiger partial charge in [-0.2, -0.15) is 4.68 Å². The number of carbonyl (C=O) groups excluding carboxylic acids is 1. The molecule has 0 atom stereocenters. The molecule has 0 spiro atoms. The zero-order valence-electron chi connectivity index (χ0n) is 8.39. The molecule has 9 heteroatoms. The molecule has 2 aromatic heterocycles. The van der Waals surface area contributed by atoms with Gasteiger partial charge in [-0.1, -0.05) is 40.0 Å². The fourth-order valence-corrected chi connectivity index (χ4v) is 2.49. The Morgan fingerprint density at radius 3 is 2.65 bits per heavy atom. The third-order valence-electron chi connectivity index (χ3n) is 1.86. The van der Waals surface area contributed by atoms with E-state index in [-0.39, 0.29) is 11.4 Å². The smallest absolute Gasteiger partial charge is 0.235 e. The lowest BCUT2D eigenvalue weighted by atomic mass is 10.3. The Balaban J connectivity index is 2.63. The minimum absolute atomic E-state index is 0.0159. The molecule has 2 aromatic rings. The van der Waals surface area contributed by atoms with E-state index in [0.29, 0.717) is 11.4 Å². The number of halogens is 3. The van der Waals surface area contributed by atoms with Crippen LogP contribution in [0.25, 0.3) is 5.13 Å². The van der Waals surface area contributed by atoms with Crippen LogP contribution in [0.4, 0.5) is 0 Å². The lowest BCUT2D eigenvalue weighted by Crippen LogP contribution is -2.12. The fraction of sp³-hybridized carbons (Fsp3) is 0.250. The summed E-state index contributed by atoms with van der Waals surface area (Å²) < 4.78 is -0.534. The fourth-order valence-electron chi connectivity index (χ4n) is 1.21. The first-order valence-corrected chi connectivity index (χ1v) is 6.35. The number of alkyl halides is 3. The molecule has 90 valence electrons. The largest absolute Gasteiger partial charge is 0.296 e. The molecule has 2 heterocycles. The normalized spacial score (nSPS) is 11.8. The van der Waals surface area contributed by atoms with Crippen molar-refractivity contribution < 1.29 is 4.79 Å². The number of hydrogen-bond donors (Lipinski definition) is 0. The summed E-state index contributed by atoms with van der Waals surface area (Å²) in [6, 6.07) is 0. The number of rotatable bonds is 2. The predicted molar refractivity (Wildman–Crippen MR) is 66.4 cm³/mol. The lowest BCUT2D eigenvalue weighted by molar-refractivity contribution is 0.111. The highest BCUT2D eigenvalue weighted by Crippen LogP contribution is 2.40. The predicted octanol–water partition coefficient (Wildman–Crippen LogP) is 2.67. The Hall–Kier alpha value is -0.690. The molecule has 5 nitrogen and oxygen atoms in total. The Morgan fingerprint density at radius 2 is 2.18 bits per heavy atom. The van der Waals surface area contributed by atoms with Gasteiger partial charge in [-0.05, 0) is 6.92 Å². The quantitative estimate of drug-likeness (QED) is 0.632. The average molecular weight is 312 g/mol. The number of aldehydes is 1. The second-order valence-electron chi connectivity index (χ2n) is 3.12. The number of nitrogens with zero attached hydrogens (tertiary/aromatic N) is 4. The van der Waals surface area contributed by atoms with Gasteiger partial charge in [-0.25, -0.2) is 4.98 Å². The van der Waals surface area contributed by atoms with Crippen molar-refractivity contribution in [2.45, 2.75) is 10.7 Å². The second kappa shape index (κ2) is 4.53. The molecule has 0 unspecified atom stereocenters. The molecule has 0 aliphatic heterocycles. The SMILES string of the molecule is Cc1csc(-n2nnc(C=O)c2C(Cl)(Cl)Cl)n1. The summed E-state index contributed by atoms with van der Waals surface area (Å²) in [5, 5.41) is 9.72. The highest BCUT2D eigenvalue weighted by Gasteiger charge is 2.33. The third-order valence-corrected chi connectivity index (χ3v) is 3.34. The number of hydrogen-bond acceptors (Lipinski definition) is 5. The Bertz CT molecular complexity index is 559. The topological polar surface area (TPSA) is 60.7 Å². The zero-order chi connectivity index (χ0) is 12.6. The van der Waals surface area contributed by atoms with E-state index in [9.17, 15) is 4.79 Å². The minimum Gasteiger partial charge on any atom is -0.296 e. The van der Waals surface area contributed by atoms with Crippen LogP contribution in [0.3, 0.4) is 0 Å². The minimum atomic E-state index is -1.79. The molecule has 0 bridgehead atoms. The summed E-state index contributed by atoms with van der Waals surface area (Å²) in [4.78, 5) is 15.0. The van der Waals surface area contributed by atoms with Crippen molar-refractivity contribution in [1.29, 1.82) is 0 Å². The van der Waals surface area contributed by atoms with Gasteiger partial charge in [-0.15, -0.1) is 16.4 Å². The summed E-state index contributed by atoms with van der Waals surface area (Å²) in [5.41, 5.74) is 0.883. The van der Waals surface area contributed by atoms with E-state index >= 15 is 0 Å². The standard InChI is InChI=1S/C8H5Cl3N4OS/c1-4-3-17-7(12-4)15-6(8(9,10)11)5(2-16)13-14-15/h2-3H,1H3. The maximum atomic E-state index is 10.8. The van der Waals surface area contributed by atoms with Crippen LogP contribution in [0.1, 0.15) is 21.9 Å². The van der Waals surface area contributed by atoms with Crippen molar-refractivity contribution in [3.63, 3.8) is 0 Å². The van der Waals surface area contributed by atoms with Crippen molar-refractivity contribution in [2.24, 2.45) is 0 Å². The van der Waals surface area contributed by atoms with Crippen LogP contribution in [0.2, 0.25) is 0 Å². The van der Waals surface area contributed by atoms with Crippen molar-refractivity contribution in [2.75, 3.05) is 0 Å². The highest BCUT2D eigenvalue weighted by molar-refractivity contribution is 7.12. The molecule has 0 aliphatic rings. The summed E-state index contributed by atoms with van der Waals surface area (Å²) in [6.07, 6.45) is 0.487. The van der Waals surface area contributed by atoms with Crippen LogP contribution in [0.5, 0.6) is 0 Å². The van der Waals surface area contributed by atoms with E-state index in [0.717, 1.165) is 5.69 Å². The summed E-state index contributed by atoms with van der Waals surface area (Å²) >= 11 is 18.7. The van der Waals surface area contributed by atoms with Gasteiger partial charge in [0.05, 0.1) is 5.69 Å². The first-order chi connectivity index (χ1) is 7.93. The van der Waals surface area contributed by atoms with Gasteiger partial charge in [0, 0.05) is 5.38 Å². The molecular formula is C8H5Cl3N4OS. The molecule has 0 aromatic carbocycles. The Labute approximate surface area is 115 Å². The van der Waals surface area contributed by atoms with Crippen LogP contribution < -0.4 is 0 Å². The molecule has 0 aliphatic carbocycles. The molecule has 17 heavy (non-hydrogen) atoms. The van der Waals surface area contributed by atoms with E-state index in [1.807, 2.05) is 12.3 Å². The first kappa shape index (κ1) is 12.8. The van der Waals surface area contributed by atoms with Crippen LogP contribution in [0.15, 0.2) is 5.38 Å². The lowest BCUT2D eigenvalue weighted by Gasteiger charge is -2.11. The van der Waals surface area contributed by atoms with Gasteiger partial charge in [0.15, 0.2) is 12.0 Å². The summed E-state index contributed by atoms with van der Waals surface area (Å²) in [5.74, 6) is 0. The number of aromatic nitrogens is 4. The van der Waals surface area contributed by atoms with Gasteiger partial charge in [0.2, 0.25) is 8.92 Å². The molecule has 0 saturated heterocycles. The summed E-state index contributed by atoms with van der Waals surface area (Å²) in [6.45, 7) is 1.83. The van der Waals surface area contributed by atoms with E-state index in [2.05, 4.69) is 15.3 Å². The van der Waals surface area contributed by atoms with Crippen molar-refractivity contribution >= 4 is 52.4 Å². The average Bonchev–Trinajstić information content (AvgIpc) is 2.81. The van der Waals surface area contributed by atoms with E-state index in [1.165, 1.54) is 16.0 Å². The van der Waals surface area contributed by atoms with Gasteiger partial charge < -0.3 is 0 Å². The second-order valence-corrected chi connectivity index (χ2v) is 6.24. The van der Waals surface area contributed by atoms with Crippen LogP contribution >= 0.6 is 46.1 Å². The van der Waals surface area contributed by atoms with Crippen molar-refractivity contribution in [3.8, 4) is 5.13 Å². The first-order valence-electron chi connectivity index (χ1n) is 4.34. The molecular weight excluding hydrogens is 307 g/mol. The molecule has 2 rings (SSSR count). The van der Waals surface area contributed by atoms with Gasteiger partial charge >= 0.3 is 0 Å². The molecule has 0 fully saturated rings. The maximum absolute atomic E-state index is 10.8. The summed E-state index contributed by atoms with van der Waals surface area (Å²) in [7, 11) is 0. The number of aryl methyl sites for hydroxylation is 1. The van der Waals surface area contributed by atoms with Crippen LogP contribution in [0, 0.1) is 6.92 Å². The van der Waals surface area contributed by atoms with Gasteiger partial charge in [-0.3, -0.25) is 4.79 Å². The van der Waals surface area contributed by atoms with E-state index in [4.69, 9.17) is 34.8 Å². The van der Waals surface area contributed by atoms with Crippen molar-refractivity contribution in [3.05, 3.63) is 22.5 Å². The van der Waals surface area contributed by atoms with E-state index in [1.54, 1.807) is 0 Å². The number of thiazole rings is 1. The molecule has 0 radical (unpaired) electrons. The highest BCUT2D eigenvalue weighted by atomic mass is 35.6. The Kier molecular flexibility index (Phi) is 3.40. The van der Waals surface area contributed by atoms with Crippen LogP contribution in [-0.2, 0) is 3.79 Å². The monoisotopic (exact) mass is 310 g/mol. The third kappa shape index (κ3) is 2.44. The van der Waals surface area contributed by atoms with Crippen molar-refractivity contribution in [1.82, 2.24) is 20.0 Å². The Morgan fingerprint density at radius 1 is 1.47 bits per heavy atom. The zero-order valence-corrected chi connectivity index (χ0v) is 11.5. The van der Waals surface area contributed by atoms with Gasteiger partial charge in [0.25, 0.3) is 0 Å². The molecule has 0 amide bonds. The maximum Gasteiger partial charge on any atom is 0.235 e. The van der Waals surface area contributed by atoms with Gasteiger partial charge in [0.1, 0.15) is 5.69 Å².